The molecular weight excluding hydrogens is 176 g/mol. The fraction of sp³-hybridized carbons (Fsp3) is 1.00. The summed E-state index contributed by atoms with van der Waals surface area (Å²) in [6, 6.07) is 0. The van der Waals surface area contributed by atoms with Gasteiger partial charge in [-0.05, 0) is 4.86 Å². The summed E-state index contributed by atoms with van der Waals surface area (Å²) in [6.07, 6.45) is 0.984. The lowest BCUT2D eigenvalue weighted by atomic mass is 10.4. The molecule has 0 aromatic rings. The minimum Gasteiger partial charge on any atom is -0.378 e. The Kier molecular flexibility index (Phi) is 4.00. The summed E-state index contributed by atoms with van der Waals surface area (Å²) in [5, 5.41) is 0. The number of quaternary nitrogens is 1. The average molecular weight is 193 g/mol. The molecule has 6 N–H and O–H groups in total. The van der Waals surface area contributed by atoms with Crippen molar-refractivity contribution in [3.8, 4) is 0 Å². The summed E-state index contributed by atoms with van der Waals surface area (Å²) in [5.41, 5.74) is 0. The van der Waals surface area contributed by atoms with Gasteiger partial charge in [0.25, 0.3) is 0 Å². The molecule has 1 unspecified atom stereocenters. The predicted molar refractivity (Wildman–Crippen MR) is 44.0 cm³/mol. The van der Waals surface area contributed by atoms with Gasteiger partial charge in [-0.25, -0.2) is 0 Å². The van der Waals surface area contributed by atoms with Crippen LogP contribution < -0.4 is 17.6 Å². The predicted octanol–water partition coefficient (Wildman–Crippen LogP) is -1.84. The lowest BCUT2D eigenvalue weighted by molar-refractivity contribution is -1.13. The van der Waals surface area contributed by atoms with Crippen LogP contribution in [0.1, 0.15) is 6.42 Å². The Balaban J connectivity index is 1.87. The zero-order chi connectivity index (χ0) is 9.73. The number of nitrogens with two attached hydrogens (primary N) is 3. The van der Waals surface area contributed by atoms with Crippen molar-refractivity contribution in [2.24, 2.45) is 17.6 Å². The Hall–Kier alpha value is -0.280. The number of nitrogens with zero attached hydrogens (tertiary/aromatic N) is 1. The highest BCUT2D eigenvalue weighted by Crippen LogP contribution is 2.08. The fourth-order valence-electron chi connectivity index (χ4n) is 0.845. The van der Waals surface area contributed by atoms with Gasteiger partial charge in [-0.3, -0.25) is 0 Å². The van der Waals surface area contributed by atoms with Crippen LogP contribution in [-0.2, 0) is 14.4 Å². The zero-order valence-electron chi connectivity index (χ0n) is 7.52. The van der Waals surface area contributed by atoms with Crippen LogP contribution in [0.3, 0.4) is 0 Å². The highest BCUT2D eigenvalue weighted by Gasteiger charge is 2.22. The van der Waals surface area contributed by atoms with Gasteiger partial charge in [0.1, 0.15) is 6.10 Å². The van der Waals surface area contributed by atoms with E-state index >= 15 is 0 Å². The van der Waals surface area contributed by atoms with Crippen LogP contribution in [0.15, 0.2) is 0 Å². The Morgan fingerprint density at radius 2 is 2.15 bits per heavy atom. The number of hydrogen-bond donors (Lipinski definition) is 3. The van der Waals surface area contributed by atoms with E-state index in [1.165, 1.54) is 0 Å². The third-order valence-corrected chi connectivity index (χ3v) is 1.70. The molecule has 0 bridgehead atoms. The zero-order valence-corrected chi connectivity index (χ0v) is 7.52. The smallest absolute Gasteiger partial charge is 0.152 e. The van der Waals surface area contributed by atoms with Crippen LogP contribution in [-0.4, -0.2) is 37.3 Å². The number of hydroxylamine groups is 1. The first-order valence-electron chi connectivity index (χ1n) is 4.17. The fourth-order valence-corrected chi connectivity index (χ4v) is 0.845. The van der Waals surface area contributed by atoms with E-state index in [9.17, 15) is 0 Å². The molecule has 7 nitrogen and oxygen atoms in total. The molecule has 0 saturated carbocycles. The molecule has 1 fully saturated rings. The van der Waals surface area contributed by atoms with Crippen LogP contribution in [0.2, 0.25) is 0 Å². The molecule has 0 aliphatic carbocycles. The van der Waals surface area contributed by atoms with Crippen molar-refractivity contribution >= 4 is 0 Å². The maximum Gasteiger partial charge on any atom is 0.152 e. The van der Waals surface area contributed by atoms with Crippen molar-refractivity contribution < 1.29 is 19.3 Å². The molecule has 0 aromatic heterocycles. The van der Waals surface area contributed by atoms with Crippen LogP contribution >= 0.6 is 0 Å². The molecule has 1 aliphatic heterocycles. The van der Waals surface area contributed by atoms with Crippen molar-refractivity contribution in [1.29, 1.82) is 0 Å². The highest BCUT2D eigenvalue weighted by molar-refractivity contribution is 4.66. The van der Waals surface area contributed by atoms with Crippen LogP contribution in [0.25, 0.3) is 0 Å². The van der Waals surface area contributed by atoms with Gasteiger partial charge in [-0.1, -0.05) is 4.94 Å². The van der Waals surface area contributed by atoms with Gasteiger partial charge in [0.05, 0.1) is 19.8 Å². The van der Waals surface area contributed by atoms with Gasteiger partial charge in [0, 0.05) is 6.42 Å². The molecule has 0 aromatic carbocycles. The normalized spacial score (nSPS) is 21.9. The highest BCUT2D eigenvalue weighted by atomic mass is 16.9. The second kappa shape index (κ2) is 4.82. The van der Waals surface area contributed by atoms with E-state index < -0.39 is 4.86 Å². The maximum atomic E-state index is 5.36. The molecule has 1 rings (SSSR count). The van der Waals surface area contributed by atoms with E-state index in [2.05, 4.69) is 4.94 Å². The molecule has 0 amide bonds. The summed E-state index contributed by atoms with van der Waals surface area (Å²) in [5.74, 6) is 15.6. The van der Waals surface area contributed by atoms with Crippen molar-refractivity contribution in [2.45, 2.75) is 12.5 Å². The Morgan fingerprint density at radius 1 is 1.46 bits per heavy atom. The summed E-state index contributed by atoms with van der Waals surface area (Å²) >= 11 is 0. The van der Waals surface area contributed by atoms with E-state index in [0.717, 1.165) is 6.61 Å². The number of epoxide rings is 1. The van der Waals surface area contributed by atoms with Crippen molar-refractivity contribution in [2.75, 3.05) is 26.4 Å². The number of rotatable bonds is 7. The van der Waals surface area contributed by atoms with E-state index in [1.807, 2.05) is 0 Å². The third-order valence-electron chi connectivity index (χ3n) is 1.70. The Labute approximate surface area is 76.7 Å². The van der Waals surface area contributed by atoms with E-state index in [-0.39, 0.29) is 0 Å². The lowest BCUT2D eigenvalue weighted by Gasteiger charge is -2.19. The van der Waals surface area contributed by atoms with Crippen molar-refractivity contribution in [1.82, 2.24) is 0 Å². The standard InChI is InChI=1S/C6H17N4O3/c7-10(8,13-9)2-1-3-11-4-6-5-12-6/h6H,1-5,7-9H2/q+1. The van der Waals surface area contributed by atoms with Crippen LogP contribution in [0, 0.1) is 0 Å². The van der Waals surface area contributed by atoms with E-state index in [0.29, 0.717) is 32.3 Å². The lowest BCUT2D eigenvalue weighted by Crippen LogP contribution is -2.62. The molecule has 1 heterocycles. The molecule has 13 heavy (non-hydrogen) atoms. The molecule has 1 atom stereocenters. The van der Waals surface area contributed by atoms with Gasteiger partial charge >= 0.3 is 0 Å². The van der Waals surface area contributed by atoms with Crippen LogP contribution in [0.4, 0.5) is 0 Å². The molecular formula is C6H17N4O3+. The molecule has 0 radical (unpaired) electrons. The van der Waals surface area contributed by atoms with Gasteiger partial charge in [-0.15, -0.1) is 11.7 Å². The topological polar surface area (TPSA) is 109 Å². The second-order valence-corrected chi connectivity index (χ2v) is 3.07. The molecule has 1 saturated heterocycles. The summed E-state index contributed by atoms with van der Waals surface area (Å²) in [7, 11) is 0. The van der Waals surface area contributed by atoms with Crippen LogP contribution in [0.5, 0.6) is 0 Å². The van der Waals surface area contributed by atoms with Gasteiger partial charge in [-0.2, -0.15) is 5.90 Å². The van der Waals surface area contributed by atoms with Crippen molar-refractivity contribution in [3.05, 3.63) is 0 Å². The Morgan fingerprint density at radius 3 is 2.69 bits per heavy atom. The van der Waals surface area contributed by atoms with Crippen molar-refractivity contribution in [3.63, 3.8) is 0 Å². The van der Waals surface area contributed by atoms with Gasteiger partial charge in [0.2, 0.25) is 0 Å². The number of ether oxygens (including phenoxy) is 2. The molecule has 1 aliphatic rings. The summed E-state index contributed by atoms with van der Waals surface area (Å²) < 4.78 is 10.2. The first kappa shape index (κ1) is 10.8. The quantitative estimate of drug-likeness (QED) is 0.144. The number of hydrogen-bond acceptors (Lipinski definition) is 6. The molecule has 7 heteroatoms. The summed E-state index contributed by atoms with van der Waals surface area (Å²) in [6.45, 7) is 2.43. The van der Waals surface area contributed by atoms with E-state index in [4.69, 9.17) is 27.1 Å². The maximum absolute atomic E-state index is 5.36. The second-order valence-electron chi connectivity index (χ2n) is 3.07. The Bertz CT molecular complexity index is 151. The molecule has 78 valence electrons. The molecule has 0 spiro atoms. The SMILES string of the molecule is NO[N+](N)(N)CCCOCC1CO1. The average Bonchev–Trinajstić information content (AvgIpc) is 2.87. The van der Waals surface area contributed by atoms with E-state index in [1.54, 1.807) is 0 Å². The minimum absolute atomic E-state index is 0.292. The van der Waals surface area contributed by atoms with Gasteiger partial charge < -0.3 is 9.47 Å². The first-order chi connectivity index (χ1) is 6.14. The summed E-state index contributed by atoms with van der Waals surface area (Å²) in [4.78, 5) is 3.65. The monoisotopic (exact) mass is 193 g/mol. The largest absolute Gasteiger partial charge is 0.378 e. The van der Waals surface area contributed by atoms with Gasteiger partial charge in [0.15, 0.2) is 6.54 Å². The third kappa shape index (κ3) is 5.11. The first-order valence-corrected chi connectivity index (χ1v) is 4.17. The minimum atomic E-state index is -0.636.